The van der Waals surface area contributed by atoms with Gasteiger partial charge < -0.3 is 5.11 Å². The molecule has 21 heavy (non-hydrogen) atoms. The van der Waals surface area contributed by atoms with E-state index >= 15 is 0 Å². The number of allylic oxidation sites excluding steroid dienone is 2. The van der Waals surface area contributed by atoms with Gasteiger partial charge in [-0.3, -0.25) is 9.78 Å². The van der Waals surface area contributed by atoms with Crippen molar-refractivity contribution in [3.63, 3.8) is 0 Å². The molecule has 5 nitrogen and oxygen atoms in total. The lowest BCUT2D eigenvalue weighted by Gasteiger charge is -2.06. The molecule has 0 fully saturated rings. The lowest BCUT2D eigenvalue weighted by Crippen LogP contribution is -2.10. The van der Waals surface area contributed by atoms with E-state index in [1.165, 1.54) is 16.9 Å². The van der Waals surface area contributed by atoms with Gasteiger partial charge in [0.2, 0.25) is 0 Å². The highest BCUT2D eigenvalue weighted by Crippen LogP contribution is 2.27. The molecule has 0 aromatic carbocycles. The summed E-state index contributed by atoms with van der Waals surface area (Å²) >= 11 is 0. The van der Waals surface area contributed by atoms with Crippen molar-refractivity contribution in [3.8, 4) is 0 Å². The third kappa shape index (κ3) is 5.55. The van der Waals surface area contributed by atoms with Crippen molar-refractivity contribution in [2.45, 2.75) is 12.6 Å². The zero-order valence-electron chi connectivity index (χ0n) is 11.0. The second kappa shape index (κ2) is 6.78. The minimum Gasteiger partial charge on any atom is -0.481 e. The van der Waals surface area contributed by atoms with Crippen LogP contribution in [0.2, 0.25) is 0 Å². The Hall–Kier alpha value is -2.51. The Labute approximate surface area is 118 Å². The van der Waals surface area contributed by atoms with Crippen LogP contribution >= 0.6 is 0 Å². The number of rotatable bonds is 6. The molecule has 0 aliphatic heterocycles. The van der Waals surface area contributed by atoms with Crippen LogP contribution in [-0.4, -0.2) is 38.9 Å². The van der Waals surface area contributed by atoms with Gasteiger partial charge in [0.15, 0.2) is 18.4 Å². The normalized spacial score (nSPS) is 11.6. The van der Waals surface area contributed by atoms with E-state index in [1.807, 2.05) is 0 Å². The van der Waals surface area contributed by atoms with Crippen molar-refractivity contribution in [2.24, 2.45) is 0 Å². The molecular weight excluding hydrogens is 287 g/mol. The summed E-state index contributed by atoms with van der Waals surface area (Å²) in [5.41, 5.74) is -0.919. The predicted octanol–water partition coefficient (Wildman–Crippen LogP) is 2.21. The predicted molar refractivity (Wildman–Crippen MR) is 69.7 cm³/mol. The Morgan fingerprint density at radius 2 is 2.10 bits per heavy atom. The van der Waals surface area contributed by atoms with Crippen LogP contribution in [0.3, 0.4) is 0 Å². The molecule has 1 aromatic rings. The second-order valence-corrected chi connectivity index (χ2v) is 4.08. The number of carboxylic acids is 1. The van der Waals surface area contributed by atoms with Gasteiger partial charge in [-0.2, -0.15) is 13.2 Å². The number of alkyl halides is 3. The Kier molecular flexibility index (Phi) is 5.34. The molecule has 0 radical (unpaired) electrons. The molecule has 0 spiro atoms. The summed E-state index contributed by atoms with van der Waals surface area (Å²) in [4.78, 5) is 17.3. The van der Waals surface area contributed by atoms with E-state index in [2.05, 4.69) is 23.3 Å². The first-order valence-corrected chi connectivity index (χ1v) is 5.76. The van der Waals surface area contributed by atoms with E-state index in [1.54, 1.807) is 0 Å². The van der Waals surface area contributed by atoms with Crippen molar-refractivity contribution >= 4 is 18.3 Å². The van der Waals surface area contributed by atoms with E-state index < -0.39 is 17.8 Å². The summed E-state index contributed by atoms with van der Waals surface area (Å²) in [6.07, 6.45) is -0.101. The molecule has 0 aliphatic rings. The molecule has 1 aromatic heterocycles. The number of aliphatic carboxylic acids is 1. The highest BCUT2D eigenvalue weighted by atomic mass is 19.4. The average Bonchev–Trinajstić information content (AvgIpc) is 2.41. The van der Waals surface area contributed by atoms with E-state index in [0.29, 0.717) is 6.20 Å². The minimum atomic E-state index is -4.58. The third-order valence-corrected chi connectivity index (χ3v) is 2.35. The Morgan fingerprint density at radius 1 is 1.43 bits per heavy atom. The van der Waals surface area contributed by atoms with Crippen molar-refractivity contribution in [1.29, 1.82) is 0 Å². The van der Waals surface area contributed by atoms with Gasteiger partial charge in [-0.25, -0.2) is 9.56 Å². The van der Waals surface area contributed by atoms with Crippen LogP contribution in [0.1, 0.15) is 17.8 Å². The van der Waals surface area contributed by atoms with Crippen LogP contribution < -0.4 is 0 Å². The van der Waals surface area contributed by atoms with E-state index in [4.69, 9.17) is 5.11 Å². The number of aromatic nitrogens is 2. The maximum atomic E-state index is 12.5. The standard InChI is InChI=1S/C13H12F3N3O2/c1-9(3-5-19(2)6-4-12(20)21)10-7-17-8-11(18-10)13(14,15)16/h3,5,7-8H,1-2,4,6H2/p+1/b5-3-. The van der Waals surface area contributed by atoms with Gasteiger partial charge in [0, 0.05) is 11.6 Å². The second-order valence-electron chi connectivity index (χ2n) is 4.08. The quantitative estimate of drug-likeness (QED) is 0.497. The Morgan fingerprint density at radius 3 is 2.67 bits per heavy atom. The lowest BCUT2D eigenvalue weighted by atomic mass is 10.2. The number of hydrogen-bond acceptors (Lipinski definition) is 3. The largest absolute Gasteiger partial charge is 0.481 e. The molecule has 0 bridgehead atoms. The smallest absolute Gasteiger partial charge is 0.434 e. The fourth-order valence-corrected chi connectivity index (χ4v) is 1.25. The number of halogens is 3. The molecule has 0 amide bonds. The maximum Gasteiger partial charge on any atom is 0.434 e. The van der Waals surface area contributed by atoms with Crippen LogP contribution in [-0.2, 0) is 11.0 Å². The van der Waals surface area contributed by atoms with Gasteiger partial charge >= 0.3 is 12.1 Å². The third-order valence-electron chi connectivity index (χ3n) is 2.35. The molecular formula is C13H13F3N3O2+. The lowest BCUT2D eigenvalue weighted by molar-refractivity contribution is -0.446. The highest BCUT2D eigenvalue weighted by Gasteiger charge is 2.33. The topological polar surface area (TPSA) is 66.1 Å². The van der Waals surface area contributed by atoms with Crippen LogP contribution in [0.5, 0.6) is 0 Å². The van der Waals surface area contributed by atoms with E-state index in [0.717, 1.165) is 6.20 Å². The summed E-state index contributed by atoms with van der Waals surface area (Å²) in [6.45, 7) is 7.31. The maximum absolute atomic E-state index is 12.5. The first kappa shape index (κ1) is 16.5. The molecule has 112 valence electrons. The zero-order valence-corrected chi connectivity index (χ0v) is 11.0. The summed E-state index contributed by atoms with van der Waals surface area (Å²) in [5.74, 6) is -0.973. The number of carbonyl (C=O) groups is 1. The van der Waals surface area contributed by atoms with Crippen LogP contribution in [0, 0.1) is 0 Å². The van der Waals surface area contributed by atoms with Crippen LogP contribution in [0.25, 0.3) is 5.57 Å². The zero-order chi connectivity index (χ0) is 16.0. The van der Waals surface area contributed by atoms with Crippen molar-refractivity contribution in [2.75, 3.05) is 6.54 Å². The van der Waals surface area contributed by atoms with Gasteiger partial charge in [0.1, 0.15) is 13.1 Å². The summed E-state index contributed by atoms with van der Waals surface area (Å²) in [6, 6.07) is 0. The van der Waals surface area contributed by atoms with Crippen LogP contribution in [0.15, 0.2) is 31.2 Å². The summed E-state index contributed by atoms with van der Waals surface area (Å²) in [7, 11) is 0. The number of carboxylic acid groups (broad SMARTS) is 1. The van der Waals surface area contributed by atoms with Gasteiger partial charge in [-0.1, -0.05) is 6.58 Å². The molecule has 0 saturated heterocycles. The first-order chi connectivity index (χ1) is 9.70. The molecule has 0 saturated carbocycles. The van der Waals surface area contributed by atoms with Crippen molar-refractivity contribution < 1.29 is 27.6 Å². The SMILES string of the molecule is C=C(/C=C\[N+](=C)CCC(=O)O)c1cncc(C(F)(F)F)n1. The van der Waals surface area contributed by atoms with Crippen molar-refractivity contribution in [3.05, 3.63) is 42.6 Å². The molecule has 0 atom stereocenters. The first-order valence-electron chi connectivity index (χ1n) is 5.76. The average molecular weight is 300 g/mol. The van der Waals surface area contributed by atoms with Crippen LogP contribution in [0.4, 0.5) is 13.2 Å². The molecule has 0 unspecified atom stereocenters. The Bertz CT molecular complexity index is 595. The molecule has 1 rings (SSSR count). The van der Waals surface area contributed by atoms with Gasteiger partial charge in [-0.05, 0) is 0 Å². The summed E-state index contributed by atoms with van der Waals surface area (Å²) < 4.78 is 38.8. The van der Waals surface area contributed by atoms with Gasteiger partial charge in [-0.15, -0.1) is 0 Å². The molecule has 0 aliphatic carbocycles. The monoisotopic (exact) mass is 300 g/mol. The van der Waals surface area contributed by atoms with E-state index in [-0.39, 0.29) is 24.2 Å². The number of hydrogen-bond donors (Lipinski definition) is 1. The highest BCUT2D eigenvalue weighted by molar-refractivity contribution is 5.68. The fraction of sp³-hybridized carbons (Fsp3) is 0.231. The molecule has 1 N–H and O–H groups in total. The minimum absolute atomic E-state index is 0.0206. The van der Waals surface area contributed by atoms with Gasteiger partial charge in [0.25, 0.3) is 0 Å². The van der Waals surface area contributed by atoms with E-state index in [9.17, 15) is 18.0 Å². The van der Waals surface area contributed by atoms with Gasteiger partial charge in [0.05, 0.1) is 18.1 Å². The Balaban J connectivity index is 2.76. The molecule has 8 heteroatoms. The fourth-order valence-electron chi connectivity index (χ4n) is 1.25. The molecule has 1 heterocycles. The number of nitrogens with zero attached hydrogens (tertiary/aromatic N) is 3. The summed E-state index contributed by atoms with van der Waals surface area (Å²) in [5, 5.41) is 8.50. The van der Waals surface area contributed by atoms with Crippen molar-refractivity contribution in [1.82, 2.24) is 9.97 Å².